The van der Waals surface area contributed by atoms with Gasteiger partial charge < -0.3 is 38.8 Å². The number of aliphatic hydroxyl groups is 2. The van der Waals surface area contributed by atoms with Crippen molar-refractivity contribution in [2.24, 2.45) is 35.5 Å². The van der Waals surface area contributed by atoms with Crippen LogP contribution in [0.15, 0.2) is 53.9 Å². The van der Waals surface area contributed by atoms with E-state index in [-0.39, 0.29) is 60.9 Å². The number of esters is 1. The predicted octanol–water partition coefficient (Wildman–Crippen LogP) is 6.05. The number of aliphatic hydroxyl groups excluding tert-OH is 1. The fourth-order valence-corrected chi connectivity index (χ4v) is 10.7. The van der Waals surface area contributed by atoms with Gasteiger partial charge in [0.25, 0.3) is 11.7 Å². The lowest BCUT2D eigenvalue weighted by Crippen LogP contribution is -2.61. The summed E-state index contributed by atoms with van der Waals surface area (Å²) in [6.45, 7) is 12.8. The number of carbonyl (C=O) groups is 5. The number of Topliss-reactive ketones (excluding diaryl/α,β-unsaturated/α-hetero) is 3. The van der Waals surface area contributed by atoms with Gasteiger partial charge >= 0.3 is 5.97 Å². The molecule has 0 spiro atoms. The first-order valence-electron chi connectivity index (χ1n) is 25.0. The second kappa shape index (κ2) is 25.7. The van der Waals surface area contributed by atoms with E-state index < -0.39 is 77.8 Å². The van der Waals surface area contributed by atoms with Crippen molar-refractivity contribution in [3.63, 3.8) is 0 Å². The Labute approximate surface area is 408 Å². The van der Waals surface area contributed by atoms with Gasteiger partial charge in [-0.05, 0) is 117 Å². The summed E-state index contributed by atoms with van der Waals surface area (Å²) in [6.07, 6.45) is 13.9. The number of hydrogen-bond donors (Lipinski definition) is 2. The summed E-state index contributed by atoms with van der Waals surface area (Å²) in [4.78, 5) is 72.3. The Morgan fingerprint density at radius 2 is 1.64 bits per heavy atom. The lowest BCUT2D eigenvalue weighted by molar-refractivity contribution is -0.265. The van der Waals surface area contributed by atoms with Gasteiger partial charge in [0.15, 0.2) is 5.78 Å². The minimum atomic E-state index is -2.43. The highest BCUT2D eigenvalue weighted by Crippen LogP contribution is 2.39. The fraction of sp³-hybridized carbons (Fsp3) is 0.731. The van der Waals surface area contributed by atoms with Crippen LogP contribution in [-0.4, -0.2) is 141 Å². The zero-order valence-electron chi connectivity index (χ0n) is 42.5. The lowest BCUT2D eigenvalue weighted by Gasteiger charge is -2.42. The SMILES string of the molecule is CO[C@H]1C[C@@H]2CC[C@@H](C)[C@@](O)(O2)C(=O)C(=O)N2CCCC[C@H]2C(=O)O[C@H]([C@H](C)C[C@@H]2CC[C@H](n3cnnn3)[C@H](OC)C2)CC(=O)[C@H](C)/C=C(\C)[C@@H](O)[C@H](OC)C(=O)[C@H](C)C[C@@H](C)/C=C/C=C/C=C/1C. The first kappa shape index (κ1) is 55.7. The molecule has 0 unspecified atom stereocenters. The summed E-state index contributed by atoms with van der Waals surface area (Å²) in [7, 11) is 4.62. The monoisotopic (exact) mass is 966 g/mol. The molecule has 0 radical (unpaired) electrons. The summed E-state index contributed by atoms with van der Waals surface area (Å²) in [5, 5.41) is 35.2. The van der Waals surface area contributed by atoms with Crippen LogP contribution in [-0.2, 0) is 47.7 Å². The first-order chi connectivity index (χ1) is 32.8. The number of aromatic nitrogens is 4. The normalized spacial score (nSPS) is 38.8. The molecule has 3 aliphatic heterocycles. The molecular weight excluding hydrogens is 887 g/mol. The van der Waals surface area contributed by atoms with Crippen LogP contribution in [0.1, 0.15) is 132 Å². The Morgan fingerprint density at radius 3 is 2.32 bits per heavy atom. The van der Waals surface area contributed by atoms with Crippen molar-refractivity contribution in [3.05, 3.63) is 53.9 Å². The van der Waals surface area contributed by atoms with Crippen molar-refractivity contribution >= 4 is 29.2 Å². The third-order valence-corrected chi connectivity index (χ3v) is 15.2. The van der Waals surface area contributed by atoms with Gasteiger partial charge in [-0.25, -0.2) is 9.48 Å². The van der Waals surface area contributed by atoms with Gasteiger partial charge in [0.2, 0.25) is 5.79 Å². The number of methoxy groups -OCH3 is 3. The summed E-state index contributed by atoms with van der Waals surface area (Å²) in [5.74, 6) is -7.92. The van der Waals surface area contributed by atoms with E-state index in [9.17, 15) is 34.2 Å². The van der Waals surface area contributed by atoms with Crippen LogP contribution in [0.5, 0.6) is 0 Å². The van der Waals surface area contributed by atoms with Crippen LogP contribution in [0.25, 0.3) is 0 Å². The third-order valence-electron chi connectivity index (χ3n) is 15.2. The predicted molar refractivity (Wildman–Crippen MR) is 256 cm³/mol. The number of nitrogens with zero attached hydrogens (tertiary/aromatic N) is 5. The minimum absolute atomic E-state index is 0.0170. The Kier molecular flexibility index (Phi) is 20.8. The Morgan fingerprint density at radius 1 is 0.884 bits per heavy atom. The molecule has 1 aliphatic carbocycles. The maximum atomic E-state index is 14.5. The summed E-state index contributed by atoms with van der Waals surface area (Å²) >= 11 is 0. The minimum Gasteiger partial charge on any atom is -0.460 e. The number of tetrazole rings is 1. The van der Waals surface area contributed by atoms with Gasteiger partial charge in [-0.2, -0.15) is 0 Å². The Bertz CT molecular complexity index is 2020. The fourth-order valence-electron chi connectivity index (χ4n) is 10.7. The molecule has 2 N–H and O–H groups in total. The average Bonchev–Trinajstić information content (AvgIpc) is 3.88. The van der Waals surface area contributed by atoms with Crippen molar-refractivity contribution < 1.29 is 57.9 Å². The van der Waals surface area contributed by atoms with Crippen molar-refractivity contribution in [3.8, 4) is 0 Å². The smallest absolute Gasteiger partial charge is 0.329 e. The van der Waals surface area contributed by atoms with E-state index in [1.807, 2.05) is 58.1 Å². The molecule has 1 aromatic rings. The number of cyclic esters (lactones) is 1. The summed E-state index contributed by atoms with van der Waals surface area (Å²) in [6, 6.07) is -1.19. The van der Waals surface area contributed by atoms with E-state index in [1.165, 1.54) is 12.0 Å². The van der Waals surface area contributed by atoms with E-state index in [4.69, 9.17) is 23.7 Å². The largest absolute Gasteiger partial charge is 0.460 e. The quantitative estimate of drug-likeness (QED) is 0.181. The number of ketones is 3. The van der Waals surface area contributed by atoms with Crippen LogP contribution in [0.4, 0.5) is 0 Å². The second-order valence-corrected chi connectivity index (χ2v) is 20.4. The van der Waals surface area contributed by atoms with E-state index in [2.05, 4.69) is 15.5 Å². The number of rotatable bonds is 7. The molecule has 69 heavy (non-hydrogen) atoms. The maximum Gasteiger partial charge on any atom is 0.329 e. The molecule has 1 amide bonds. The molecule has 15 atom stereocenters. The number of hydrogen-bond acceptors (Lipinski definition) is 15. The van der Waals surface area contributed by atoms with Crippen molar-refractivity contribution in [1.82, 2.24) is 25.1 Å². The number of piperidine rings is 1. The highest BCUT2D eigenvalue weighted by Gasteiger charge is 2.53. The molecule has 17 nitrogen and oxygen atoms in total. The van der Waals surface area contributed by atoms with Gasteiger partial charge in [-0.15, -0.1) is 5.10 Å². The molecule has 17 heteroatoms. The zero-order valence-corrected chi connectivity index (χ0v) is 42.5. The number of ether oxygens (including phenoxy) is 5. The highest BCUT2D eigenvalue weighted by molar-refractivity contribution is 6.39. The van der Waals surface area contributed by atoms with Crippen LogP contribution in [0.3, 0.4) is 0 Å². The standard InChI is InChI=1S/C52H79N5O12/c1-31-16-12-11-13-17-32(2)43(65-8)28-39-21-19-37(7)52(64,69-39)49(61)50(62)56-23-15-14-18-41(56)51(63)68-44(34(4)26-38-20-22-40(45(27-38)66-9)57-30-53-54-55-57)29-42(58)33(3)25-36(6)47(60)48(67-10)46(59)35(5)24-31/h11-13,16-17,25,30-31,33-35,37-41,43-45,47-48,60,64H,14-15,18-24,26-29H2,1-10H3/b13-11+,16-12+,32-17+,36-25+/t31-,33+,34+,35+,37+,38-,39-,40-,41-,43-,44-,45+,47+,48+,52+/m0/s1. The first-order valence-corrected chi connectivity index (χ1v) is 25.0. The molecule has 0 aromatic carbocycles. The molecular formula is C52H79N5O12. The average molecular weight is 966 g/mol. The molecule has 4 heterocycles. The molecule has 4 aliphatic rings. The van der Waals surface area contributed by atoms with Gasteiger partial charge in [0, 0.05) is 58.5 Å². The van der Waals surface area contributed by atoms with Crippen LogP contribution in [0, 0.1) is 35.5 Å². The molecule has 2 bridgehead atoms. The maximum absolute atomic E-state index is 14.5. The third kappa shape index (κ3) is 14.2. The van der Waals surface area contributed by atoms with Crippen LogP contribution in [0.2, 0.25) is 0 Å². The van der Waals surface area contributed by atoms with E-state index in [0.29, 0.717) is 56.9 Å². The van der Waals surface area contributed by atoms with Crippen molar-refractivity contribution in [2.45, 2.75) is 180 Å². The van der Waals surface area contributed by atoms with Crippen molar-refractivity contribution in [1.29, 1.82) is 0 Å². The highest BCUT2D eigenvalue weighted by atomic mass is 16.6. The van der Waals surface area contributed by atoms with Gasteiger partial charge in [0.1, 0.15) is 36.5 Å². The Balaban J connectivity index is 1.46. The van der Waals surface area contributed by atoms with Gasteiger partial charge in [-0.3, -0.25) is 19.2 Å². The number of amides is 1. The van der Waals surface area contributed by atoms with Gasteiger partial charge in [0.05, 0.1) is 24.4 Å². The van der Waals surface area contributed by atoms with Crippen LogP contribution < -0.4 is 0 Å². The summed E-state index contributed by atoms with van der Waals surface area (Å²) < 4.78 is 31.6. The molecule has 2 saturated heterocycles. The number of allylic oxidation sites excluding steroid dienone is 6. The summed E-state index contributed by atoms with van der Waals surface area (Å²) in [5.41, 5.74) is 1.27. The number of fused-ring (bicyclic) bond motifs is 3. The topological polar surface area (TPSA) is 219 Å². The van der Waals surface area contributed by atoms with Crippen molar-refractivity contribution in [2.75, 3.05) is 27.9 Å². The molecule has 384 valence electrons. The van der Waals surface area contributed by atoms with Gasteiger partial charge in [-0.1, -0.05) is 71.1 Å². The second-order valence-electron chi connectivity index (χ2n) is 20.4. The van der Waals surface area contributed by atoms with E-state index >= 15 is 0 Å². The molecule has 3 fully saturated rings. The molecule has 1 aromatic heterocycles. The molecule has 1 saturated carbocycles. The molecule has 5 rings (SSSR count). The van der Waals surface area contributed by atoms with Crippen LogP contribution >= 0.6 is 0 Å². The Hall–Kier alpha value is -4.26. The zero-order chi connectivity index (χ0) is 50.6. The van der Waals surface area contributed by atoms with E-state index in [1.54, 1.807) is 52.1 Å². The number of carbonyl (C=O) groups excluding carboxylic acids is 5. The lowest BCUT2D eigenvalue weighted by atomic mass is 9.77. The van der Waals surface area contributed by atoms with E-state index in [0.717, 1.165) is 18.4 Å².